The van der Waals surface area contributed by atoms with E-state index in [-0.39, 0.29) is 0 Å². The Hall–Kier alpha value is -0.840. The van der Waals surface area contributed by atoms with Crippen LogP contribution in [-0.4, -0.2) is 12.2 Å². The van der Waals surface area contributed by atoms with E-state index in [1.54, 1.807) is 7.11 Å². The molecule has 0 spiro atoms. The molecule has 1 unspecified atom stereocenters. The Morgan fingerprint density at radius 2 is 1.79 bits per heavy atom. The highest BCUT2D eigenvalue weighted by atomic mass is 79.9. The highest BCUT2D eigenvalue weighted by Gasteiger charge is 2.15. The number of aliphatic hydroxyl groups is 1. The van der Waals surface area contributed by atoms with Gasteiger partial charge in [0.15, 0.2) is 0 Å². The number of methoxy groups -OCH3 is 1. The molecule has 0 heterocycles. The van der Waals surface area contributed by atoms with Crippen molar-refractivity contribution in [3.8, 4) is 5.75 Å². The van der Waals surface area contributed by atoms with Crippen LogP contribution in [0.2, 0.25) is 0 Å². The van der Waals surface area contributed by atoms with Crippen LogP contribution in [-0.2, 0) is 0 Å². The van der Waals surface area contributed by atoms with Gasteiger partial charge in [-0.05, 0) is 41.8 Å². The Bertz CT molecular complexity index is 597. The number of benzene rings is 2. The van der Waals surface area contributed by atoms with Crippen LogP contribution in [0.4, 0.5) is 0 Å². The first-order valence-electron chi connectivity index (χ1n) is 5.80. The topological polar surface area (TPSA) is 29.5 Å². The van der Waals surface area contributed by atoms with E-state index in [1.165, 1.54) is 0 Å². The summed E-state index contributed by atoms with van der Waals surface area (Å²) in [4.78, 5) is 0. The van der Waals surface area contributed by atoms with Crippen LogP contribution in [0.25, 0.3) is 0 Å². The van der Waals surface area contributed by atoms with Gasteiger partial charge in [0.25, 0.3) is 0 Å². The van der Waals surface area contributed by atoms with Gasteiger partial charge in [0.1, 0.15) is 11.9 Å². The van der Waals surface area contributed by atoms with E-state index in [1.807, 2.05) is 43.3 Å². The Balaban J connectivity index is 2.38. The predicted molar refractivity (Wildman–Crippen MR) is 83.6 cm³/mol. The molecule has 1 N–H and O–H groups in total. The van der Waals surface area contributed by atoms with Crippen molar-refractivity contribution < 1.29 is 9.84 Å². The maximum absolute atomic E-state index is 10.5. The molecule has 2 aromatic rings. The van der Waals surface area contributed by atoms with Crippen molar-refractivity contribution in [3.05, 3.63) is 62.0 Å². The van der Waals surface area contributed by atoms with E-state index in [0.717, 1.165) is 31.4 Å². The van der Waals surface area contributed by atoms with Gasteiger partial charge in [0.05, 0.1) is 7.11 Å². The van der Waals surface area contributed by atoms with Crippen LogP contribution in [0.15, 0.2) is 45.3 Å². The molecule has 0 aromatic heterocycles. The number of rotatable bonds is 3. The second-order valence-corrected chi connectivity index (χ2v) is 6.01. The molecule has 1 atom stereocenters. The first kappa shape index (κ1) is 14.6. The minimum absolute atomic E-state index is 0.660. The first-order valence-corrected chi connectivity index (χ1v) is 7.39. The highest BCUT2D eigenvalue weighted by Crippen LogP contribution is 2.32. The minimum atomic E-state index is -0.660. The molecule has 0 aliphatic carbocycles. The fourth-order valence-electron chi connectivity index (χ4n) is 1.87. The second-order valence-electron chi connectivity index (χ2n) is 4.30. The van der Waals surface area contributed by atoms with E-state index in [2.05, 4.69) is 31.9 Å². The van der Waals surface area contributed by atoms with E-state index < -0.39 is 6.10 Å². The molecule has 2 nitrogen and oxygen atoms in total. The first-order chi connectivity index (χ1) is 9.02. The maximum Gasteiger partial charge on any atom is 0.120 e. The zero-order valence-electron chi connectivity index (χ0n) is 10.7. The van der Waals surface area contributed by atoms with Gasteiger partial charge in [-0.2, -0.15) is 0 Å². The maximum atomic E-state index is 10.5. The number of aryl methyl sites for hydroxylation is 1. The van der Waals surface area contributed by atoms with Crippen LogP contribution < -0.4 is 4.74 Å². The van der Waals surface area contributed by atoms with Crippen molar-refractivity contribution in [1.29, 1.82) is 0 Å². The van der Waals surface area contributed by atoms with Crippen molar-refractivity contribution in [2.75, 3.05) is 7.11 Å². The largest absolute Gasteiger partial charge is 0.497 e. The third-order valence-corrected chi connectivity index (χ3v) is 4.58. The summed E-state index contributed by atoms with van der Waals surface area (Å²) in [6.07, 6.45) is -0.660. The fraction of sp³-hybridized carbons (Fsp3) is 0.200. The molecule has 19 heavy (non-hydrogen) atoms. The van der Waals surface area contributed by atoms with Crippen molar-refractivity contribution in [2.45, 2.75) is 13.0 Å². The molecule has 0 aliphatic heterocycles. The normalized spacial score (nSPS) is 12.3. The molecule has 2 aromatic carbocycles. The zero-order valence-corrected chi connectivity index (χ0v) is 13.8. The van der Waals surface area contributed by atoms with E-state index in [9.17, 15) is 5.11 Å². The summed E-state index contributed by atoms with van der Waals surface area (Å²) >= 11 is 6.93. The third kappa shape index (κ3) is 3.19. The SMILES string of the molecule is COc1ccc(C(O)c2ccc(Br)c(C)c2)c(Br)c1. The Kier molecular flexibility index (Phi) is 4.66. The van der Waals surface area contributed by atoms with E-state index >= 15 is 0 Å². The summed E-state index contributed by atoms with van der Waals surface area (Å²) in [5, 5.41) is 10.5. The smallest absolute Gasteiger partial charge is 0.120 e. The quantitative estimate of drug-likeness (QED) is 0.835. The lowest BCUT2D eigenvalue weighted by atomic mass is 10.00. The Morgan fingerprint density at radius 3 is 2.37 bits per heavy atom. The molecule has 0 amide bonds. The zero-order chi connectivity index (χ0) is 14.0. The second kappa shape index (κ2) is 6.07. The number of halogens is 2. The van der Waals surface area contributed by atoms with Crippen LogP contribution in [0.3, 0.4) is 0 Å². The molecule has 0 saturated carbocycles. The molecule has 0 saturated heterocycles. The van der Waals surface area contributed by atoms with Gasteiger partial charge in [0.2, 0.25) is 0 Å². The van der Waals surface area contributed by atoms with Gasteiger partial charge in [-0.1, -0.05) is 50.1 Å². The lowest BCUT2D eigenvalue weighted by molar-refractivity contribution is 0.219. The fourth-order valence-corrected chi connectivity index (χ4v) is 2.70. The summed E-state index contributed by atoms with van der Waals surface area (Å²) < 4.78 is 7.02. The number of hydrogen-bond acceptors (Lipinski definition) is 2. The molecule has 0 fully saturated rings. The molecule has 0 radical (unpaired) electrons. The summed E-state index contributed by atoms with van der Waals surface area (Å²) in [7, 11) is 1.62. The summed E-state index contributed by atoms with van der Waals surface area (Å²) in [6.45, 7) is 2.00. The molecule has 2 rings (SSSR count). The minimum Gasteiger partial charge on any atom is -0.497 e. The molecule has 4 heteroatoms. The van der Waals surface area contributed by atoms with Gasteiger partial charge in [-0.15, -0.1) is 0 Å². The van der Waals surface area contributed by atoms with Gasteiger partial charge in [-0.3, -0.25) is 0 Å². The predicted octanol–water partition coefficient (Wildman–Crippen LogP) is 4.61. The van der Waals surface area contributed by atoms with Crippen molar-refractivity contribution in [1.82, 2.24) is 0 Å². The molecule has 0 bridgehead atoms. The number of hydrogen-bond donors (Lipinski definition) is 1. The van der Waals surface area contributed by atoms with E-state index in [4.69, 9.17) is 4.74 Å². The summed E-state index contributed by atoms with van der Waals surface area (Å²) in [6, 6.07) is 11.4. The number of aliphatic hydroxyl groups excluding tert-OH is 1. The van der Waals surface area contributed by atoms with Gasteiger partial charge >= 0.3 is 0 Å². The number of ether oxygens (including phenoxy) is 1. The van der Waals surface area contributed by atoms with Gasteiger partial charge in [0, 0.05) is 8.95 Å². The molecular weight excluding hydrogens is 372 g/mol. The average molecular weight is 386 g/mol. The Labute approximate surface area is 129 Å². The average Bonchev–Trinajstić information content (AvgIpc) is 2.41. The standard InChI is InChI=1S/C15H14Br2O2/c1-9-7-10(3-6-13(9)16)15(18)12-5-4-11(19-2)8-14(12)17/h3-8,15,18H,1-2H3. The van der Waals surface area contributed by atoms with E-state index in [0.29, 0.717) is 0 Å². The van der Waals surface area contributed by atoms with Gasteiger partial charge in [-0.25, -0.2) is 0 Å². The molecular formula is C15H14Br2O2. The van der Waals surface area contributed by atoms with Crippen LogP contribution in [0.1, 0.15) is 22.8 Å². The van der Waals surface area contributed by atoms with Crippen LogP contribution >= 0.6 is 31.9 Å². The third-order valence-electron chi connectivity index (χ3n) is 3.00. The lowest BCUT2D eigenvalue weighted by Gasteiger charge is -2.15. The van der Waals surface area contributed by atoms with Crippen molar-refractivity contribution in [3.63, 3.8) is 0 Å². The summed E-state index contributed by atoms with van der Waals surface area (Å²) in [5.41, 5.74) is 2.79. The monoisotopic (exact) mass is 384 g/mol. The van der Waals surface area contributed by atoms with Crippen molar-refractivity contribution >= 4 is 31.9 Å². The highest BCUT2D eigenvalue weighted by molar-refractivity contribution is 9.10. The molecule has 0 aliphatic rings. The van der Waals surface area contributed by atoms with Gasteiger partial charge < -0.3 is 9.84 Å². The molecule has 100 valence electrons. The lowest BCUT2D eigenvalue weighted by Crippen LogP contribution is -2.01. The van der Waals surface area contributed by atoms with Crippen LogP contribution in [0, 0.1) is 6.92 Å². The Morgan fingerprint density at radius 1 is 1.05 bits per heavy atom. The van der Waals surface area contributed by atoms with Crippen molar-refractivity contribution in [2.24, 2.45) is 0 Å². The summed E-state index contributed by atoms with van der Waals surface area (Å²) in [5.74, 6) is 0.759. The van der Waals surface area contributed by atoms with Crippen LogP contribution in [0.5, 0.6) is 5.75 Å².